The number of hydrogen-bond acceptors (Lipinski definition) is 5. The van der Waals surface area contributed by atoms with E-state index < -0.39 is 0 Å². The number of nitrogens with zero attached hydrogens (tertiary/aromatic N) is 3. The molecule has 0 fully saturated rings. The van der Waals surface area contributed by atoms with Gasteiger partial charge in [-0.2, -0.15) is 5.10 Å². The number of carbonyl (C=O) groups is 2. The Balaban J connectivity index is 1.49. The Hall–Kier alpha value is -3.81. The molecule has 0 bridgehead atoms. The Morgan fingerprint density at radius 1 is 1.07 bits per heavy atom. The molecule has 0 spiro atoms. The van der Waals surface area contributed by atoms with Gasteiger partial charge in [0.05, 0.1) is 20.8 Å². The summed E-state index contributed by atoms with van der Waals surface area (Å²) >= 11 is 0. The van der Waals surface area contributed by atoms with E-state index in [9.17, 15) is 9.59 Å². The van der Waals surface area contributed by atoms with Gasteiger partial charge in [0, 0.05) is 30.4 Å². The highest BCUT2D eigenvalue weighted by atomic mass is 16.5. The molecule has 8 nitrogen and oxygen atoms in total. The monoisotopic (exact) mass is 406 g/mol. The van der Waals surface area contributed by atoms with Crippen molar-refractivity contribution < 1.29 is 19.1 Å². The van der Waals surface area contributed by atoms with Crippen molar-refractivity contribution >= 4 is 17.5 Å². The molecule has 30 heavy (non-hydrogen) atoms. The Bertz CT molecular complexity index is 1070. The van der Waals surface area contributed by atoms with Crippen molar-refractivity contribution in [2.45, 2.75) is 13.1 Å². The lowest BCUT2D eigenvalue weighted by Crippen LogP contribution is -2.39. The molecule has 2 heterocycles. The summed E-state index contributed by atoms with van der Waals surface area (Å²) in [6, 6.07) is 16.2. The minimum atomic E-state index is -0.369. The standard InChI is InChI=1S/C22H22N4O4/c1-29-17-9-7-16(8-10-17)23-21(27)18-13-19-22(28)25(11-12-26(19)24-18)14-15-5-3-4-6-20(15)30-2/h3-10,13H,11-12,14H2,1-2H3,(H,23,27). The molecule has 0 unspecified atom stereocenters. The molecule has 0 saturated carbocycles. The molecule has 1 aromatic heterocycles. The number of methoxy groups -OCH3 is 2. The molecule has 1 N–H and O–H groups in total. The Morgan fingerprint density at radius 3 is 2.57 bits per heavy atom. The van der Waals surface area contributed by atoms with Gasteiger partial charge in [0.25, 0.3) is 11.8 Å². The number of benzene rings is 2. The fourth-order valence-corrected chi connectivity index (χ4v) is 3.41. The fraction of sp³-hybridized carbons (Fsp3) is 0.227. The van der Waals surface area contributed by atoms with Gasteiger partial charge >= 0.3 is 0 Å². The highest BCUT2D eigenvalue weighted by Crippen LogP contribution is 2.23. The van der Waals surface area contributed by atoms with Crippen molar-refractivity contribution in [2.24, 2.45) is 0 Å². The summed E-state index contributed by atoms with van der Waals surface area (Å²) in [7, 11) is 3.19. The van der Waals surface area contributed by atoms with Crippen molar-refractivity contribution in [1.29, 1.82) is 0 Å². The van der Waals surface area contributed by atoms with Crippen LogP contribution in [0.1, 0.15) is 26.5 Å². The molecule has 2 aromatic carbocycles. The summed E-state index contributed by atoms with van der Waals surface area (Å²) in [6.07, 6.45) is 0. The topological polar surface area (TPSA) is 85.7 Å². The summed E-state index contributed by atoms with van der Waals surface area (Å²) in [5, 5.41) is 7.10. The third kappa shape index (κ3) is 3.84. The van der Waals surface area contributed by atoms with Crippen LogP contribution in [0.5, 0.6) is 11.5 Å². The van der Waals surface area contributed by atoms with E-state index in [0.717, 1.165) is 11.3 Å². The van der Waals surface area contributed by atoms with Crippen LogP contribution in [0.2, 0.25) is 0 Å². The average Bonchev–Trinajstić information content (AvgIpc) is 3.22. The van der Waals surface area contributed by atoms with Crippen LogP contribution in [0.4, 0.5) is 5.69 Å². The number of fused-ring (bicyclic) bond motifs is 1. The number of rotatable bonds is 6. The Kier molecular flexibility index (Phi) is 5.38. The van der Waals surface area contributed by atoms with Crippen LogP contribution in [0.3, 0.4) is 0 Å². The van der Waals surface area contributed by atoms with Crippen molar-refractivity contribution in [3.05, 3.63) is 71.5 Å². The summed E-state index contributed by atoms with van der Waals surface area (Å²) in [5.41, 5.74) is 2.15. The van der Waals surface area contributed by atoms with Crippen molar-refractivity contribution in [1.82, 2.24) is 14.7 Å². The number of hydrogen-bond donors (Lipinski definition) is 1. The number of ether oxygens (including phenoxy) is 2. The number of para-hydroxylation sites is 1. The van der Waals surface area contributed by atoms with Crippen LogP contribution in [-0.4, -0.2) is 47.3 Å². The van der Waals surface area contributed by atoms with E-state index in [2.05, 4.69) is 10.4 Å². The number of aromatic nitrogens is 2. The molecular weight excluding hydrogens is 384 g/mol. The summed E-state index contributed by atoms with van der Waals surface area (Å²) < 4.78 is 12.1. The molecule has 8 heteroatoms. The minimum Gasteiger partial charge on any atom is -0.497 e. The van der Waals surface area contributed by atoms with Gasteiger partial charge < -0.3 is 19.7 Å². The molecule has 1 aliphatic heterocycles. The average molecular weight is 406 g/mol. The number of anilines is 1. The zero-order valence-corrected chi connectivity index (χ0v) is 16.8. The summed E-state index contributed by atoms with van der Waals surface area (Å²) in [5.74, 6) is 0.907. The molecule has 0 atom stereocenters. The van der Waals surface area contributed by atoms with Crippen molar-refractivity contribution in [3.8, 4) is 11.5 Å². The summed E-state index contributed by atoms with van der Waals surface area (Å²) in [6.45, 7) is 1.46. The fourth-order valence-electron chi connectivity index (χ4n) is 3.41. The molecule has 154 valence electrons. The van der Waals surface area contributed by atoms with Crippen LogP contribution in [0.15, 0.2) is 54.6 Å². The van der Waals surface area contributed by atoms with Gasteiger partial charge in [-0.3, -0.25) is 14.3 Å². The Morgan fingerprint density at radius 2 is 1.83 bits per heavy atom. The number of amides is 2. The SMILES string of the molecule is COc1ccc(NC(=O)c2cc3n(n2)CCN(Cc2ccccc2OC)C3=O)cc1. The highest BCUT2D eigenvalue weighted by molar-refractivity contribution is 6.04. The predicted molar refractivity (Wildman–Crippen MR) is 111 cm³/mol. The van der Waals surface area contributed by atoms with E-state index in [1.54, 1.807) is 48.1 Å². The molecule has 2 amide bonds. The van der Waals surface area contributed by atoms with Gasteiger partial charge in [0.15, 0.2) is 5.69 Å². The second-order valence-corrected chi connectivity index (χ2v) is 6.86. The van der Waals surface area contributed by atoms with Crippen molar-refractivity contribution in [3.63, 3.8) is 0 Å². The zero-order valence-electron chi connectivity index (χ0n) is 16.8. The van der Waals surface area contributed by atoms with E-state index in [0.29, 0.717) is 36.8 Å². The Labute approximate surface area is 174 Å². The van der Waals surface area contributed by atoms with Crippen molar-refractivity contribution in [2.75, 3.05) is 26.1 Å². The second kappa shape index (κ2) is 8.28. The molecule has 0 saturated heterocycles. The number of carbonyl (C=O) groups excluding carboxylic acids is 2. The molecule has 0 radical (unpaired) electrons. The largest absolute Gasteiger partial charge is 0.497 e. The van der Waals surface area contributed by atoms with E-state index >= 15 is 0 Å². The highest BCUT2D eigenvalue weighted by Gasteiger charge is 2.28. The van der Waals surface area contributed by atoms with Crippen LogP contribution in [0.25, 0.3) is 0 Å². The first kappa shape index (κ1) is 19.5. The van der Waals surface area contributed by atoms with Gasteiger partial charge in [0.2, 0.25) is 0 Å². The van der Waals surface area contributed by atoms with Crippen LogP contribution >= 0.6 is 0 Å². The first-order valence-electron chi connectivity index (χ1n) is 9.53. The maximum atomic E-state index is 13.0. The van der Waals surface area contributed by atoms with Gasteiger partial charge in [-0.1, -0.05) is 18.2 Å². The maximum absolute atomic E-state index is 13.0. The first-order chi connectivity index (χ1) is 14.6. The first-order valence-corrected chi connectivity index (χ1v) is 9.53. The summed E-state index contributed by atoms with van der Waals surface area (Å²) in [4.78, 5) is 27.3. The quantitative estimate of drug-likeness (QED) is 0.680. The van der Waals surface area contributed by atoms with E-state index in [1.807, 2.05) is 24.3 Å². The molecule has 0 aliphatic carbocycles. The van der Waals surface area contributed by atoms with Gasteiger partial charge in [0.1, 0.15) is 17.2 Å². The third-order valence-electron chi connectivity index (χ3n) is 5.00. The lowest BCUT2D eigenvalue weighted by molar-refractivity contribution is 0.0682. The van der Waals surface area contributed by atoms with Crippen LogP contribution < -0.4 is 14.8 Å². The molecule has 3 aromatic rings. The van der Waals surface area contributed by atoms with E-state index in [4.69, 9.17) is 9.47 Å². The molecular formula is C22H22N4O4. The van der Waals surface area contributed by atoms with Gasteiger partial charge in [-0.05, 0) is 30.3 Å². The lowest BCUT2D eigenvalue weighted by atomic mass is 10.1. The van der Waals surface area contributed by atoms with Crippen LogP contribution in [-0.2, 0) is 13.1 Å². The lowest BCUT2D eigenvalue weighted by Gasteiger charge is -2.28. The number of nitrogens with one attached hydrogen (secondary N) is 1. The maximum Gasteiger partial charge on any atom is 0.276 e. The van der Waals surface area contributed by atoms with E-state index in [-0.39, 0.29) is 17.5 Å². The normalized spacial score (nSPS) is 13.0. The third-order valence-corrected chi connectivity index (χ3v) is 5.00. The smallest absolute Gasteiger partial charge is 0.276 e. The predicted octanol–water partition coefficient (Wildman–Crippen LogP) is 2.81. The molecule has 4 rings (SSSR count). The van der Waals surface area contributed by atoms with Crippen LogP contribution in [0, 0.1) is 0 Å². The minimum absolute atomic E-state index is 0.164. The second-order valence-electron chi connectivity index (χ2n) is 6.86. The molecule has 1 aliphatic rings. The van der Waals surface area contributed by atoms with Gasteiger partial charge in [-0.15, -0.1) is 0 Å². The van der Waals surface area contributed by atoms with E-state index in [1.165, 1.54) is 6.07 Å². The van der Waals surface area contributed by atoms with Gasteiger partial charge in [-0.25, -0.2) is 0 Å². The zero-order chi connectivity index (χ0) is 21.1.